The third kappa shape index (κ3) is 7.97. The number of methoxy groups -OCH3 is 1. The van der Waals surface area contributed by atoms with E-state index < -0.39 is 60.8 Å². The Bertz CT molecular complexity index is 1020. The molecule has 12 heteroatoms. The van der Waals surface area contributed by atoms with Crippen molar-refractivity contribution in [2.45, 2.75) is 58.5 Å². The summed E-state index contributed by atoms with van der Waals surface area (Å²) in [6.45, 7) is 4.14. The third-order valence-electron chi connectivity index (χ3n) is 5.14. The summed E-state index contributed by atoms with van der Waals surface area (Å²) < 4.78 is 26.3. The van der Waals surface area contributed by atoms with E-state index >= 15 is 0 Å². The van der Waals surface area contributed by atoms with Gasteiger partial charge in [-0.3, -0.25) is 19.2 Å². The molecule has 0 fully saturated rings. The van der Waals surface area contributed by atoms with Crippen LogP contribution in [0.5, 0.6) is 5.75 Å². The molecule has 1 aromatic carbocycles. The molecule has 0 saturated carbocycles. The number of hydrogen-bond donors (Lipinski definition) is 0. The van der Waals surface area contributed by atoms with Crippen LogP contribution < -0.4 is 9.75 Å². The summed E-state index contributed by atoms with van der Waals surface area (Å²) in [5.74, 6) is -2.92. The molecule has 194 valence electrons. The molecule has 0 N–H and O–H groups in total. The molecule has 0 bridgehead atoms. The normalized spacial score (nSPS) is 19.2. The quantitative estimate of drug-likeness (QED) is 0.339. The average molecular weight is 504 g/mol. The van der Waals surface area contributed by atoms with Gasteiger partial charge in [-0.25, -0.2) is 5.01 Å². The van der Waals surface area contributed by atoms with E-state index in [0.717, 1.165) is 27.7 Å². The number of anilines is 1. The van der Waals surface area contributed by atoms with Crippen LogP contribution in [-0.4, -0.2) is 68.2 Å². The van der Waals surface area contributed by atoms with Crippen LogP contribution >= 0.6 is 0 Å². The van der Waals surface area contributed by atoms with Crippen LogP contribution in [-0.2, 0) is 38.1 Å². The maximum absolute atomic E-state index is 12.0. The SMILES string of the molecule is COc1ccc(N2N=C[C@H]([C@@H](OC(C)=O)[C@H](OC(C)=O)[C@@H](COC(C)=O)OC(C)=O)C[C@@H]2C#N)cc1. The molecule has 0 amide bonds. The Hall–Kier alpha value is -4.14. The fraction of sp³-hybridized carbons (Fsp3) is 0.500. The van der Waals surface area contributed by atoms with Crippen LogP contribution in [0.4, 0.5) is 5.69 Å². The highest BCUT2D eigenvalue weighted by molar-refractivity contribution is 5.71. The van der Waals surface area contributed by atoms with Gasteiger partial charge in [0.05, 0.1) is 18.9 Å². The van der Waals surface area contributed by atoms with Crippen LogP contribution in [0.15, 0.2) is 29.4 Å². The molecular formula is C24H29N3O9. The molecular weight excluding hydrogens is 474 g/mol. The van der Waals surface area contributed by atoms with Gasteiger partial charge >= 0.3 is 23.9 Å². The van der Waals surface area contributed by atoms with Gasteiger partial charge in [0, 0.05) is 39.8 Å². The second kappa shape index (κ2) is 13.1. The molecule has 12 nitrogen and oxygen atoms in total. The summed E-state index contributed by atoms with van der Waals surface area (Å²) in [5, 5.41) is 15.7. The molecule has 1 aliphatic heterocycles. The molecule has 36 heavy (non-hydrogen) atoms. The van der Waals surface area contributed by atoms with Gasteiger partial charge in [-0.1, -0.05) is 0 Å². The highest BCUT2D eigenvalue weighted by atomic mass is 16.6. The molecule has 5 atom stereocenters. The Morgan fingerprint density at radius 2 is 1.61 bits per heavy atom. The number of nitrogens with zero attached hydrogens (tertiary/aromatic N) is 3. The van der Waals surface area contributed by atoms with Crippen molar-refractivity contribution in [2.75, 3.05) is 18.7 Å². The zero-order chi connectivity index (χ0) is 26.8. The summed E-state index contributed by atoms with van der Waals surface area (Å²) in [4.78, 5) is 47.1. The van der Waals surface area contributed by atoms with E-state index in [9.17, 15) is 24.4 Å². The Morgan fingerprint density at radius 3 is 2.11 bits per heavy atom. The predicted molar refractivity (Wildman–Crippen MR) is 125 cm³/mol. The van der Waals surface area contributed by atoms with Gasteiger partial charge in [0.25, 0.3) is 0 Å². The number of hydrogen-bond acceptors (Lipinski definition) is 12. The molecule has 1 aliphatic rings. The number of benzene rings is 1. The fourth-order valence-electron chi connectivity index (χ4n) is 3.71. The van der Waals surface area contributed by atoms with Crippen molar-refractivity contribution < 1.29 is 42.9 Å². The van der Waals surface area contributed by atoms with E-state index in [4.69, 9.17) is 23.7 Å². The standard InChI is InChI=1S/C24H29N3O9/c1-14(28)33-13-22(34-15(2)29)24(36-17(4)31)23(35-16(3)30)18-10-20(11-25)27(26-12-18)19-6-8-21(32-5)9-7-19/h6-9,12,18,20,22-24H,10,13H2,1-5H3/t18-,20-,22-,23-,24-/m1/s1. The second-order valence-corrected chi connectivity index (χ2v) is 7.95. The first-order valence-corrected chi connectivity index (χ1v) is 11.1. The zero-order valence-electron chi connectivity index (χ0n) is 20.7. The van der Waals surface area contributed by atoms with Crippen molar-refractivity contribution in [1.29, 1.82) is 5.26 Å². The minimum atomic E-state index is -1.35. The van der Waals surface area contributed by atoms with Crippen LogP contribution in [0.1, 0.15) is 34.1 Å². The van der Waals surface area contributed by atoms with Gasteiger partial charge in [0.2, 0.25) is 0 Å². The van der Waals surface area contributed by atoms with Crippen LogP contribution in [0, 0.1) is 17.2 Å². The maximum Gasteiger partial charge on any atom is 0.303 e. The van der Waals surface area contributed by atoms with Gasteiger partial charge in [-0.15, -0.1) is 0 Å². The number of rotatable bonds is 10. The van der Waals surface area contributed by atoms with Gasteiger partial charge < -0.3 is 23.7 Å². The van der Waals surface area contributed by atoms with Gasteiger partial charge in [0.15, 0.2) is 18.3 Å². The number of carbonyl (C=O) groups is 4. The predicted octanol–water partition coefficient (Wildman–Crippen LogP) is 1.76. The average Bonchev–Trinajstić information content (AvgIpc) is 2.83. The minimum absolute atomic E-state index is 0.127. The first-order chi connectivity index (χ1) is 17.0. The van der Waals surface area contributed by atoms with Crippen LogP contribution in [0.2, 0.25) is 0 Å². The molecule has 1 aromatic rings. The summed E-state index contributed by atoms with van der Waals surface area (Å²) in [5.41, 5.74) is 0.630. The molecule has 0 unspecified atom stereocenters. The first-order valence-electron chi connectivity index (χ1n) is 11.1. The van der Waals surface area contributed by atoms with Gasteiger partial charge in [-0.2, -0.15) is 10.4 Å². The zero-order valence-corrected chi connectivity index (χ0v) is 20.7. The first kappa shape index (κ1) is 28.1. The van der Waals surface area contributed by atoms with Crippen molar-refractivity contribution in [3.8, 4) is 11.8 Å². The van der Waals surface area contributed by atoms with Gasteiger partial charge in [0.1, 0.15) is 18.4 Å². The van der Waals surface area contributed by atoms with E-state index in [0.29, 0.717) is 11.4 Å². The lowest BCUT2D eigenvalue weighted by Crippen LogP contribution is -2.52. The lowest BCUT2D eigenvalue weighted by atomic mass is 9.88. The van der Waals surface area contributed by atoms with Gasteiger partial charge in [-0.05, 0) is 30.7 Å². The number of nitriles is 1. The molecule has 0 radical (unpaired) electrons. The molecule has 0 aliphatic carbocycles. The minimum Gasteiger partial charge on any atom is -0.497 e. The van der Waals surface area contributed by atoms with E-state index in [1.54, 1.807) is 24.3 Å². The lowest BCUT2D eigenvalue weighted by molar-refractivity contribution is -0.191. The Labute approximate surface area is 208 Å². The Balaban J connectivity index is 2.44. The maximum atomic E-state index is 12.0. The molecule has 1 heterocycles. The van der Waals surface area contributed by atoms with Crippen molar-refractivity contribution in [3.63, 3.8) is 0 Å². The smallest absolute Gasteiger partial charge is 0.303 e. The molecule has 0 aromatic heterocycles. The topological polar surface area (TPSA) is 154 Å². The van der Waals surface area contributed by atoms with E-state index in [-0.39, 0.29) is 6.42 Å². The summed E-state index contributed by atoms with van der Waals surface area (Å²) in [6, 6.07) is 8.33. The fourth-order valence-corrected chi connectivity index (χ4v) is 3.71. The van der Waals surface area contributed by atoms with Crippen molar-refractivity contribution >= 4 is 35.8 Å². The lowest BCUT2D eigenvalue weighted by Gasteiger charge is -2.38. The Kier molecular flexibility index (Phi) is 10.2. The second-order valence-electron chi connectivity index (χ2n) is 7.95. The van der Waals surface area contributed by atoms with Crippen molar-refractivity contribution in [1.82, 2.24) is 0 Å². The largest absolute Gasteiger partial charge is 0.497 e. The summed E-state index contributed by atoms with van der Waals surface area (Å²) in [6.07, 6.45) is -2.24. The summed E-state index contributed by atoms with van der Waals surface area (Å²) in [7, 11) is 1.54. The van der Waals surface area contributed by atoms with Crippen LogP contribution in [0.3, 0.4) is 0 Å². The molecule has 2 rings (SSSR count). The molecule has 0 saturated heterocycles. The molecule has 0 spiro atoms. The number of carbonyl (C=O) groups excluding carboxylic acids is 4. The monoisotopic (exact) mass is 503 g/mol. The third-order valence-corrected chi connectivity index (χ3v) is 5.14. The van der Waals surface area contributed by atoms with E-state index in [1.807, 2.05) is 0 Å². The van der Waals surface area contributed by atoms with E-state index in [2.05, 4.69) is 11.2 Å². The van der Waals surface area contributed by atoms with Crippen molar-refractivity contribution in [3.05, 3.63) is 24.3 Å². The highest BCUT2D eigenvalue weighted by Gasteiger charge is 2.44. The number of esters is 4. The van der Waals surface area contributed by atoms with Crippen LogP contribution in [0.25, 0.3) is 0 Å². The number of ether oxygens (including phenoxy) is 5. The van der Waals surface area contributed by atoms with Crippen molar-refractivity contribution in [2.24, 2.45) is 11.0 Å². The highest BCUT2D eigenvalue weighted by Crippen LogP contribution is 2.31. The van der Waals surface area contributed by atoms with E-state index in [1.165, 1.54) is 18.3 Å². The summed E-state index contributed by atoms with van der Waals surface area (Å²) >= 11 is 0. The number of hydrazone groups is 1. The Morgan fingerprint density at radius 1 is 1.00 bits per heavy atom.